The van der Waals surface area contributed by atoms with E-state index < -0.39 is 4.92 Å². The van der Waals surface area contributed by atoms with Crippen LogP contribution < -0.4 is 15.0 Å². The summed E-state index contributed by atoms with van der Waals surface area (Å²) in [6.45, 7) is 2.45. The van der Waals surface area contributed by atoms with E-state index in [4.69, 9.17) is 14.1 Å². The lowest BCUT2D eigenvalue weighted by atomic mass is 10.1. The highest BCUT2D eigenvalue weighted by molar-refractivity contribution is 6.00. The van der Waals surface area contributed by atoms with Crippen LogP contribution >= 0.6 is 0 Å². The Morgan fingerprint density at radius 1 is 1.22 bits per heavy atom. The maximum atomic E-state index is 11.7. The van der Waals surface area contributed by atoms with E-state index in [0.29, 0.717) is 54.6 Å². The molecule has 1 aliphatic heterocycles. The molecule has 140 valence electrons. The second-order valence-electron chi connectivity index (χ2n) is 5.97. The number of nitrogens with zero attached hydrogens (tertiary/aromatic N) is 4. The lowest BCUT2D eigenvalue weighted by molar-refractivity contribution is -0.382. The molecule has 1 aromatic heterocycles. The molecule has 3 aromatic rings. The fourth-order valence-corrected chi connectivity index (χ4v) is 3.09. The number of rotatable bonds is 5. The van der Waals surface area contributed by atoms with E-state index in [1.54, 1.807) is 37.4 Å². The summed E-state index contributed by atoms with van der Waals surface area (Å²) in [5, 5.41) is 22.5. The minimum Gasteiger partial charge on any atom is -0.497 e. The fourth-order valence-electron chi connectivity index (χ4n) is 3.09. The maximum absolute atomic E-state index is 11.7. The van der Waals surface area contributed by atoms with Crippen LogP contribution in [-0.2, 0) is 4.74 Å². The molecule has 0 radical (unpaired) electrons. The smallest absolute Gasteiger partial charge is 0.324 e. The van der Waals surface area contributed by atoms with Crippen LogP contribution in [-0.4, -0.2) is 48.6 Å². The molecule has 2 aromatic carbocycles. The predicted octanol–water partition coefficient (Wildman–Crippen LogP) is 2.72. The number of methoxy groups -OCH3 is 1. The third-order valence-corrected chi connectivity index (χ3v) is 4.37. The summed E-state index contributed by atoms with van der Waals surface area (Å²) in [4.78, 5) is 13.3. The van der Waals surface area contributed by atoms with Crippen molar-refractivity contribution < 1.29 is 19.0 Å². The molecule has 1 saturated heterocycles. The van der Waals surface area contributed by atoms with Crippen molar-refractivity contribution >= 4 is 33.8 Å². The van der Waals surface area contributed by atoms with E-state index in [1.807, 2.05) is 0 Å². The number of aromatic nitrogens is 2. The zero-order valence-corrected chi connectivity index (χ0v) is 14.5. The Bertz CT molecular complexity index is 983. The van der Waals surface area contributed by atoms with Gasteiger partial charge in [0.15, 0.2) is 5.52 Å². The molecule has 10 nitrogen and oxygen atoms in total. The van der Waals surface area contributed by atoms with Crippen LogP contribution in [0.1, 0.15) is 0 Å². The van der Waals surface area contributed by atoms with Gasteiger partial charge in [-0.2, -0.15) is 0 Å². The summed E-state index contributed by atoms with van der Waals surface area (Å²) in [5.74, 6) is 0.639. The van der Waals surface area contributed by atoms with Crippen LogP contribution in [0.4, 0.5) is 22.7 Å². The zero-order chi connectivity index (χ0) is 18.8. The number of anilines is 3. The average molecular weight is 371 g/mol. The van der Waals surface area contributed by atoms with E-state index in [-0.39, 0.29) is 11.2 Å². The Morgan fingerprint density at radius 2 is 2.00 bits per heavy atom. The Hall–Kier alpha value is -3.40. The van der Waals surface area contributed by atoms with Gasteiger partial charge in [-0.3, -0.25) is 10.1 Å². The highest BCUT2D eigenvalue weighted by Crippen LogP contribution is 2.40. The predicted molar refractivity (Wildman–Crippen MR) is 97.8 cm³/mol. The first-order chi connectivity index (χ1) is 13.2. The largest absolute Gasteiger partial charge is 0.497 e. The number of nitro benzene ring substituents is 1. The number of nitro groups is 1. The van der Waals surface area contributed by atoms with E-state index in [0.717, 1.165) is 0 Å². The molecule has 0 aliphatic carbocycles. The van der Waals surface area contributed by atoms with Gasteiger partial charge in [-0.25, -0.2) is 4.63 Å². The summed E-state index contributed by atoms with van der Waals surface area (Å²) in [7, 11) is 1.56. The van der Waals surface area contributed by atoms with E-state index in [1.165, 1.54) is 0 Å². The molecule has 0 amide bonds. The molecule has 0 unspecified atom stereocenters. The number of fused-ring (bicyclic) bond motifs is 1. The number of nitrogens with one attached hydrogen (secondary N) is 1. The summed E-state index contributed by atoms with van der Waals surface area (Å²) in [5.41, 5.74) is 1.95. The molecule has 0 bridgehead atoms. The molecular weight excluding hydrogens is 354 g/mol. The lowest BCUT2D eigenvalue weighted by Crippen LogP contribution is -2.36. The van der Waals surface area contributed by atoms with Gasteiger partial charge in [0.2, 0.25) is 5.52 Å². The van der Waals surface area contributed by atoms with Gasteiger partial charge in [-0.15, -0.1) is 0 Å². The van der Waals surface area contributed by atoms with E-state index in [2.05, 4.69) is 20.5 Å². The van der Waals surface area contributed by atoms with Crippen LogP contribution in [0.15, 0.2) is 35.0 Å². The normalized spacial score (nSPS) is 14.3. The second-order valence-corrected chi connectivity index (χ2v) is 5.97. The minimum absolute atomic E-state index is 0.106. The Morgan fingerprint density at radius 3 is 2.74 bits per heavy atom. The quantitative estimate of drug-likeness (QED) is 0.534. The first-order valence-corrected chi connectivity index (χ1v) is 8.35. The second kappa shape index (κ2) is 7.08. The molecule has 0 spiro atoms. The van der Waals surface area contributed by atoms with Crippen molar-refractivity contribution in [2.75, 3.05) is 43.6 Å². The van der Waals surface area contributed by atoms with E-state index >= 15 is 0 Å². The molecule has 1 fully saturated rings. The van der Waals surface area contributed by atoms with Gasteiger partial charge >= 0.3 is 5.69 Å². The first kappa shape index (κ1) is 17.0. The minimum atomic E-state index is -0.488. The molecular formula is C17H17N5O5. The van der Waals surface area contributed by atoms with Crippen molar-refractivity contribution in [3.8, 4) is 5.75 Å². The van der Waals surface area contributed by atoms with Crippen molar-refractivity contribution in [3.63, 3.8) is 0 Å². The Kier molecular flexibility index (Phi) is 4.47. The van der Waals surface area contributed by atoms with Gasteiger partial charge in [-0.05, 0) is 28.5 Å². The summed E-state index contributed by atoms with van der Waals surface area (Å²) in [6.07, 6.45) is 0. The van der Waals surface area contributed by atoms with Crippen LogP contribution in [0.5, 0.6) is 5.75 Å². The molecule has 27 heavy (non-hydrogen) atoms. The Labute approximate surface area is 153 Å². The van der Waals surface area contributed by atoms with Crippen LogP contribution in [0.2, 0.25) is 0 Å². The molecule has 4 rings (SSSR count). The van der Waals surface area contributed by atoms with Gasteiger partial charge in [-0.1, -0.05) is 6.07 Å². The van der Waals surface area contributed by atoms with E-state index in [9.17, 15) is 10.1 Å². The summed E-state index contributed by atoms with van der Waals surface area (Å²) in [6, 6.07) is 8.85. The van der Waals surface area contributed by atoms with Gasteiger partial charge in [0.25, 0.3) is 0 Å². The number of morpholine rings is 1. The highest BCUT2D eigenvalue weighted by Gasteiger charge is 2.28. The SMILES string of the molecule is COc1cccc(Nc2cc(N3CCOCC3)c3nonc3c2[N+](=O)[O-])c1. The molecule has 0 atom stereocenters. The number of benzene rings is 2. The molecule has 0 saturated carbocycles. The standard InChI is InChI=1S/C17H17N5O5/c1-25-12-4-2-3-11(9-12)18-13-10-14(21-5-7-26-8-6-21)15-16(20-27-19-15)17(13)22(23)24/h2-4,9-10,18H,5-8H2,1H3. The third kappa shape index (κ3) is 3.22. The monoisotopic (exact) mass is 371 g/mol. The number of hydrogen-bond acceptors (Lipinski definition) is 9. The summed E-state index contributed by atoms with van der Waals surface area (Å²) < 4.78 is 15.4. The van der Waals surface area contributed by atoms with Crippen LogP contribution in [0.3, 0.4) is 0 Å². The Balaban J connectivity index is 1.84. The molecule has 2 heterocycles. The number of ether oxygens (including phenoxy) is 2. The van der Waals surface area contributed by atoms with Crippen LogP contribution in [0.25, 0.3) is 11.0 Å². The van der Waals surface area contributed by atoms with Crippen molar-refractivity contribution in [1.82, 2.24) is 10.3 Å². The molecule has 1 aliphatic rings. The van der Waals surface area contributed by atoms with Crippen molar-refractivity contribution in [2.45, 2.75) is 0 Å². The van der Waals surface area contributed by atoms with Gasteiger partial charge in [0.1, 0.15) is 11.4 Å². The molecule has 1 N–H and O–H groups in total. The van der Waals surface area contributed by atoms with Gasteiger partial charge in [0.05, 0.1) is 30.9 Å². The first-order valence-electron chi connectivity index (χ1n) is 8.35. The topological polar surface area (TPSA) is 116 Å². The van der Waals surface area contributed by atoms with Gasteiger partial charge < -0.3 is 19.7 Å². The van der Waals surface area contributed by atoms with Crippen LogP contribution in [0, 0.1) is 10.1 Å². The zero-order valence-electron chi connectivity index (χ0n) is 14.5. The average Bonchev–Trinajstić information content (AvgIpc) is 3.17. The van der Waals surface area contributed by atoms with Crippen molar-refractivity contribution in [1.29, 1.82) is 0 Å². The summed E-state index contributed by atoms with van der Waals surface area (Å²) >= 11 is 0. The lowest BCUT2D eigenvalue weighted by Gasteiger charge is -2.29. The fraction of sp³-hybridized carbons (Fsp3) is 0.294. The third-order valence-electron chi connectivity index (χ3n) is 4.37. The maximum Gasteiger partial charge on any atom is 0.324 e. The highest BCUT2D eigenvalue weighted by atomic mass is 16.6. The number of hydrogen-bond donors (Lipinski definition) is 1. The molecule has 10 heteroatoms. The van der Waals surface area contributed by atoms with Crippen molar-refractivity contribution in [2.24, 2.45) is 0 Å². The van der Waals surface area contributed by atoms with Crippen molar-refractivity contribution in [3.05, 3.63) is 40.4 Å². The van der Waals surface area contributed by atoms with Gasteiger partial charge in [0, 0.05) is 24.8 Å².